The largest absolute Gasteiger partial charge is 0.497 e. The van der Waals surface area contributed by atoms with Crippen LogP contribution in [0.4, 0.5) is 0 Å². The van der Waals surface area contributed by atoms with Gasteiger partial charge in [-0.15, -0.1) is 0 Å². The fourth-order valence-corrected chi connectivity index (χ4v) is 4.31. The first kappa shape index (κ1) is 19.1. The quantitative estimate of drug-likeness (QED) is 0.757. The molecule has 2 aliphatic heterocycles. The minimum atomic E-state index is -0.908. The number of nitrogens with zero attached hydrogens (tertiary/aromatic N) is 1. The van der Waals surface area contributed by atoms with E-state index in [4.69, 9.17) is 19.9 Å². The molecule has 7 nitrogen and oxygen atoms in total. The molecule has 2 N–H and O–H groups in total. The van der Waals surface area contributed by atoms with Crippen LogP contribution in [0, 0.1) is 5.92 Å². The molecule has 0 spiro atoms. The average molecular weight is 396 g/mol. The van der Waals surface area contributed by atoms with Crippen LogP contribution < -0.4 is 19.9 Å². The molecule has 4 rings (SSSR count). The predicted octanol–water partition coefficient (Wildman–Crippen LogP) is 2.30. The van der Waals surface area contributed by atoms with Gasteiger partial charge in [0.2, 0.25) is 11.8 Å². The van der Waals surface area contributed by atoms with E-state index < -0.39 is 17.6 Å². The molecule has 1 fully saturated rings. The van der Waals surface area contributed by atoms with Gasteiger partial charge in [0.05, 0.1) is 13.7 Å². The van der Waals surface area contributed by atoms with Gasteiger partial charge in [0.15, 0.2) is 5.72 Å². The van der Waals surface area contributed by atoms with E-state index in [0.717, 1.165) is 11.3 Å². The first-order valence-electron chi connectivity index (χ1n) is 9.58. The number of hydrogen-bond donors (Lipinski definition) is 1. The first-order valence-corrected chi connectivity index (χ1v) is 9.58. The number of rotatable bonds is 6. The maximum atomic E-state index is 13.2. The Balaban J connectivity index is 1.55. The minimum Gasteiger partial charge on any atom is -0.497 e. The molecule has 3 atom stereocenters. The number of carbonyl (C=O) groups is 2. The number of fused-ring (bicyclic) bond motifs is 4. The number of benzene rings is 2. The lowest BCUT2D eigenvalue weighted by atomic mass is 9.73. The second-order valence-corrected chi connectivity index (χ2v) is 7.52. The summed E-state index contributed by atoms with van der Waals surface area (Å²) in [6.07, 6.45) is 0.506. The Kier molecular flexibility index (Phi) is 4.82. The highest BCUT2D eigenvalue weighted by molar-refractivity contribution is 6.01. The Hall–Kier alpha value is -3.22. The van der Waals surface area contributed by atoms with Gasteiger partial charge in [-0.05, 0) is 42.8 Å². The molecule has 7 heteroatoms. The number of methoxy groups -OCH3 is 1. The summed E-state index contributed by atoms with van der Waals surface area (Å²) < 4.78 is 17.1. The molecule has 0 radical (unpaired) electrons. The van der Waals surface area contributed by atoms with Crippen molar-refractivity contribution in [2.24, 2.45) is 11.7 Å². The normalized spacial score (nSPS) is 25.0. The number of piperidine rings is 1. The highest BCUT2D eigenvalue weighted by Gasteiger charge is 2.55. The van der Waals surface area contributed by atoms with Gasteiger partial charge >= 0.3 is 0 Å². The highest BCUT2D eigenvalue weighted by atomic mass is 16.5. The van der Waals surface area contributed by atoms with Gasteiger partial charge < -0.3 is 24.8 Å². The Morgan fingerprint density at radius 2 is 1.90 bits per heavy atom. The van der Waals surface area contributed by atoms with Crippen molar-refractivity contribution in [2.75, 3.05) is 20.3 Å². The lowest BCUT2D eigenvalue weighted by Gasteiger charge is -2.52. The summed E-state index contributed by atoms with van der Waals surface area (Å²) >= 11 is 0. The Bertz CT molecular complexity index is 929. The molecular formula is C22H24N2O5. The summed E-state index contributed by atoms with van der Waals surface area (Å²) in [4.78, 5) is 26.9. The molecule has 2 aromatic carbocycles. The van der Waals surface area contributed by atoms with E-state index in [2.05, 4.69) is 0 Å². The van der Waals surface area contributed by atoms with Crippen LogP contribution in [0.3, 0.4) is 0 Å². The Morgan fingerprint density at radius 1 is 1.21 bits per heavy atom. The van der Waals surface area contributed by atoms with Crippen molar-refractivity contribution in [1.29, 1.82) is 0 Å². The topological polar surface area (TPSA) is 91.1 Å². The van der Waals surface area contributed by atoms with E-state index in [1.54, 1.807) is 36.3 Å². The van der Waals surface area contributed by atoms with Crippen LogP contribution in [0.1, 0.15) is 24.8 Å². The van der Waals surface area contributed by atoms with Crippen molar-refractivity contribution < 1.29 is 23.8 Å². The van der Waals surface area contributed by atoms with E-state index in [-0.39, 0.29) is 25.0 Å². The lowest BCUT2D eigenvalue weighted by molar-refractivity contribution is -0.176. The summed E-state index contributed by atoms with van der Waals surface area (Å²) in [6.45, 7) is 2.41. The molecule has 2 aliphatic rings. The molecule has 29 heavy (non-hydrogen) atoms. The Labute approximate surface area is 169 Å². The SMILES string of the molecule is COc1ccc(OCCN2C(=O)C(C(N)=O)C3CC2(C)Oc2ccccc23)cc1. The zero-order valence-electron chi connectivity index (χ0n) is 16.5. The number of ether oxygens (including phenoxy) is 3. The number of primary amides is 1. The van der Waals surface area contributed by atoms with Crippen molar-refractivity contribution >= 4 is 11.8 Å². The van der Waals surface area contributed by atoms with Crippen LogP contribution in [0.15, 0.2) is 48.5 Å². The molecule has 2 bridgehead atoms. The second-order valence-electron chi connectivity index (χ2n) is 7.52. The molecule has 2 aromatic rings. The van der Waals surface area contributed by atoms with Crippen LogP contribution in [0.25, 0.3) is 0 Å². The molecular weight excluding hydrogens is 372 g/mol. The summed E-state index contributed by atoms with van der Waals surface area (Å²) in [5, 5.41) is 0. The standard InChI is InChI=1S/C22H24N2O5/c1-22-13-17(16-5-3-4-6-18(16)29-22)19(20(23)25)21(26)24(22)11-12-28-15-9-7-14(27-2)8-10-15/h3-10,17,19H,11-13H2,1-2H3,(H2,23,25). The maximum absolute atomic E-state index is 13.2. The highest BCUT2D eigenvalue weighted by Crippen LogP contribution is 2.49. The smallest absolute Gasteiger partial charge is 0.238 e. The predicted molar refractivity (Wildman–Crippen MR) is 106 cm³/mol. The number of carbonyl (C=O) groups excluding carboxylic acids is 2. The van der Waals surface area contributed by atoms with Crippen LogP contribution in [0.2, 0.25) is 0 Å². The monoisotopic (exact) mass is 396 g/mol. The lowest BCUT2D eigenvalue weighted by Crippen LogP contribution is -2.65. The molecule has 0 saturated carbocycles. The van der Waals surface area contributed by atoms with E-state index in [0.29, 0.717) is 17.9 Å². The third-order valence-electron chi connectivity index (χ3n) is 5.70. The maximum Gasteiger partial charge on any atom is 0.238 e. The van der Waals surface area contributed by atoms with Gasteiger partial charge in [-0.1, -0.05) is 18.2 Å². The fraction of sp³-hybridized carbons (Fsp3) is 0.364. The zero-order chi connectivity index (χ0) is 20.6. The summed E-state index contributed by atoms with van der Waals surface area (Å²) in [5.74, 6) is -0.0295. The third-order valence-corrected chi connectivity index (χ3v) is 5.70. The zero-order valence-corrected chi connectivity index (χ0v) is 16.5. The molecule has 3 unspecified atom stereocenters. The van der Waals surface area contributed by atoms with Gasteiger partial charge in [-0.2, -0.15) is 0 Å². The molecule has 152 valence electrons. The van der Waals surface area contributed by atoms with Gasteiger partial charge in [0, 0.05) is 12.3 Å². The molecule has 1 saturated heterocycles. The van der Waals surface area contributed by atoms with Crippen LogP contribution in [-0.2, 0) is 9.59 Å². The summed E-state index contributed by atoms with van der Waals surface area (Å²) in [6, 6.07) is 14.7. The molecule has 0 aliphatic carbocycles. The minimum absolute atomic E-state index is 0.259. The van der Waals surface area contributed by atoms with Crippen molar-refractivity contribution in [3.05, 3.63) is 54.1 Å². The average Bonchev–Trinajstić information content (AvgIpc) is 2.70. The van der Waals surface area contributed by atoms with Crippen LogP contribution in [0.5, 0.6) is 17.2 Å². The molecule has 2 amide bonds. The van der Waals surface area contributed by atoms with Crippen molar-refractivity contribution in [2.45, 2.75) is 25.0 Å². The van der Waals surface area contributed by atoms with Crippen molar-refractivity contribution in [1.82, 2.24) is 4.90 Å². The van der Waals surface area contributed by atoms with E-state index in [1.807, 2.05) is 31.2 Å². The van der Waals surface area contributed by atoms with Gasteiger partial charge in [-0.25, -0.2) is 0 Å². The van der Waals surface area contributed by atoms with Gasteiger partial charge in [0.25, 0.3) is 0 Å². The van der Waals surface area contributed by atoms with Crippen molar-refractivity contribution in [3.63, 3.8) is 0 Å². The second kappa shape index (κ2) is 7.31. The van der Waals surface area contributed by atoms with Crippen molar-refractivity contribution in [3.8, 4) is 17.2 Å². The van der Waals surface area contributed by atoms with Gasteiger partial charge in [0.1, 0.15) is 29.8 Å². The number of hydrogen-bond acceptors (Lipinski definition) is 5. The van der Waals surface area contributed by atoms with Gasteiger partial charge in [-0.3, -0.25) is 9.59 Å². The van der Waals surface area contributed by atoms with E-state index in [1.165, 1.54) is 0 Å². The molecule has 2 heterocycles. The molecule has 0 aromatic heterocycles. The fourth-order valence-electron chi connectivity index (χ4n) is 4.31. The number of amides is 2. The number of para-hydroxylation sites is 1. The Morgan fingerprint density at radius 3 is 2.59 bits per heavy atom. The van der Waals surface area contributed by atoms with Crippen LogP contribution >= 0.6 is 0 Å². The number of nitrogens with two attached hydrogens (primary N) is 1. The van der Waals surface area contributed by atoms with Crippen LogP contribution in [-0.4, -0.2) is 42.7 Å². The third kappa shape index (κ3) is 3.37. The first-order chi connectivity index (χ1) is 13.9. The number of likely N-dealkylation sites (tertiary alicyclic amines) is 1. The summed E-state index contributed by atoms with van der Waals surface area (Å²) in [5.41, 5.74) is 5.63. The van der Waals surface area contributed by atoms with E-state index >= 15 is 0 Å². The summed E-state index contributed by atoms with van der Waals surface area (Å²) in [7, 11) is 1.60. The van der Waals surface area contributed by atoms with E-state index in [9.17, 15) is 9.59 Å².